The zero-order valence-electron chi connectivity index (χ0n) is 19.8. The van der Waals surface area contributed by atoms with Crippen LogP contribution in [0, 0.1) is 12.7 Å². The molecular weight excluding hydrogens is 463 g/mol. The second kappa shape index (κ2) is 9.30. The Morgan fingerprint density at radius 3 is 2.69 bits per heavy atom. The Bertz CT molecular complexity index is 1560. The van der Waals surface area contributed by atoms with Gasteiger partial charge in [0.05, 0.1) is 23.6 Å². The summed E-state index contributed by atoms with van der Waals surface area (Å²) in [6.07, 6.45) is 3.22. The van der Waals surface area contributed by atoms with Gasteiger partial charge in [-0.2, -0.15) is 0 Å². The number of hydrogen-bond acceptors (Lipinski definition) is 6. The zero-order chi connectivity index (χ0) is 25.4. The van der Waals surface area contributed by atoms with E-state index in [2.05, 4.69) is 11.6 Å². The molecule has 0 fully saturated rings. The van der Waals surface area contributed by atoms with Crippen molar-refractivity contribution in [3.8, 4) is 11.5 Å². The molecule has 1 aliphatic heterocycles. The van der Waals surface area contributed by atoms with Crippen molar-refractivity contribution in [3.05, 3.63) is 106 Å². The maximum Gasteiger partial charge on any atom is 0.296 e. The molecule has 0 aliphatic carbocycles. The van der Waals surface area contributed by atoms with Gasteiger partial charge >= 0.3 is 0 Å². The molecular formula is C28H23FN2O5. The van der Waals surface area contributed by atoms with E-state index in [0.717, 1.165) is 11.6 Å². The van der Waals surface area contributed by atoms with Gasteiger partial charge < -0.3 is 13.9 Å². The number of fused-ring (bicyclic) bond motifs is 2. The maximum atomic E-state index is 14.0. The van der Waals surface area contributed by atoms with Gasteiger partial charge in [0.1, 0.15) is 23.8 Å². The number of hydrogen-bond donors (Lipinski definition) is 0. The Morgan fingerprint density at radius 1 is 1.11 bits per heavy atom. The second-order valence-corrected chi connectivity index (χ2v) is 8.32. The molecule has 182 valence electrons. The van der Waals surface area contributed by atoms with Crippen molar-refractivity contribution >= 4 is 22.7 Å². The molecule has 1 aliphatic rings. The highest BCUT2D eigenvalue weighted by Gasteiger charge is 2.44. The molecule has 0 N–H and O–H groups in total. The molecule has 4 aromatic rings. The number of ether oxygens (including phenoxy) is 2. The highest BCUT2D eigenvalue weighted by atomic mass is 19.1. The Morgan fingerprint density at radius 2 is 1.94 bits per heavy atom. The van der Waals surface area contributed by atoms with E-state index >= 15 is 0 Å². The van der Waals surface area contributed by atoms with Crippen LogP contribution in [0.15, 0.2) is 76.6 Å². The Kier molecular flexibility index (Phi) is 6.01. The van der Waals surface area contributed by atoms with E-state index in [1.54, 1.807) is 36.5 Å². The second-order valence-electron chi connectivity index (χ2n) is 8.32. The lowest BCUT2D eigenvalue weighted by Crippen LogP contribution is -2.30. The fourth-order valence-electron chi connectivity index (χ4n) is 4.38. The third-order valence-electron chi connectivity index (χ3n) is 5.92. The predicted octanol–water partition coefficient (Wildman–Crippen LogP) is 5.35. The topological polar surface area (TPSA) is 81.9 Å². The number of rotatable bonds is 7. The summed E-state index contributed by atoms with van der Waals surface area (Å²) in [5, 5.41) is 0.0570. The van der Waals surface area contributed by atoms with Crippen molar-refractivity contribution < 1.29 is 23.1 Å². The fourth-order valence-corrected chi connectivity index (χ4v) is 4.38. The third kappa shape index (κ3) is 3.90. The number of benzene rings is 2. The summed E-state index contributed by atoms with van der Waals surface area (Å²) in [5.74, 6) is 0.119. The van der Waals surface area contributed by atoms with Crippen LogP contribution in [0.3, 0.4) is 0 Å². The number of carbonyl (C=O) groups is 1. The van der Waals surface area contributed by atoms with Crippen LogP contribution in [0.1, 0.15) is 40.2 Å². The van der Waals surface area contributed by atoms with E-state index in [9.17, 15) is 14.0 Å². The van der Waals surface area contributed by atoms with Crippen molar-refractivity contribution in [2.75, 3.05) is 18.1 Å². The van der Waals surface area contributed by atoms with Crippen LogP contribution in [-0.2, 0) is 0 Å². The van der Waals surface area contributed by atoms with E-state index in [-0.39, 0.29) is 28.9 Å². The highest BCUT2D eigenvalue weighted by molar-refractivity contribution is 6.10. The van der Waals surface area contributed by atoms with Crippen LogP contribution < -0.4 is 19.8 Å². The highest BCUT2D eigenvalue weighted by Crippen LogP contribution is 2.43. The SMILES string of the molecule is C=CCOc1ccc(C2c3c(oc4ccc(F)cc4c3=O)C(=O)N2c2cc(C)ccn2)cc1OCC. The van der Waals surface area contributed by atoms with Gasteiger partial charge in [-0.15, -0.1) is 0 Å². The average molecular weight is 486 g/mol. The van der Waals surface area contributed by atoms with Crippen LogP contribution in [0.2, 0.25) is 0 Å². The van der Waals surface area contributed by atoms with Crippen LogP contribution >= 0.6 is 0 Å². The van der Waals surface area contributed by atoms with Gasteiger partial charge in [-0.1, -0.05) is 18.7 Å². The minimum absolute atomic E-state index is 0.0570. The minimum atomic E-state index is -0.877. The normalized spacial score (nSPS) is 14.7. The van der Waals surface area contributed by atoms with Gasteiger partial charge in [0.15, 0.2) is 16.9 Å². The Balaban J connectivity index is 1.76. The molecule has 7 nitrogen and oxygen atoms in total. The number of carbonyl (C=O) groups excluding carboxylic acids is 1. The monoisotopic (exact) mass is 486 g/mol. The number of anilines is 1. The summed E-state index contributed by atoms with van der Waals surface area (Å²) >= 11 is 0. The van der Waals surface area contributed by atoms with Crippen LogP contribution in [0.4, 0.5) is 10.2 Å². The zero-order valence-corrected chi connectivity index (χ0v) is 19.8. The van der Waals surface area contributed by atoms with E-state index in [1.807, 2.05) is 19.9 Å². The summed E-state index contributed by atoms with van der Waals surface area (Å²) in [6, 6.07) is 11.5. The maximum absolute atomic E-state index is 14.0. The molecule has 0 saturated heterocycles. The smallest absolute Gasteiger partial charge is 0.296 e. The Hall–Kier alpha value is -4.46. The number of amides is 1. The first-order valence-corrected chi connectivity index (χ1v) is 11.5. The molecule has 1 atom stereocenters. The quantitative estimate of drug-likeness (QED) is 0.328. The molecule has 3 heterocycles. The van der Waals surface area contributed by atoms with Crippen LogP contribution in [0.25, 0.3) is 11.0 Å². The van der Waals surface area contributed by atoms with Gasteiger partial charge in [-0.25, -0.2) is 9.37 Å². The van der Waals surface area contributed by atoms with Gasteiger partial charge in [0.2, 0.25) is 5.76 Å². The molecule has 8 heteroatoms. The first kappa shape index (κ1) is 23.3. The lowest BCUT2D eigenvalue weighted by Gasteiger charge is -2.25. The van der Waals surface area contributed by atoms with E-state index < -0.39 is 23.2 Å². The first-order valence-electron chi connectivity index (χ1n) is 11.5. The minimum Gasteiger partial charge on any atom is -0.490 e. The molecule has 2 aromatic carbocycles. The molecule has 0 radical (unpaired) electrons. The number of halogens is 1. The molecule has 1 unspecified atom stereocenters. The van der Waals surface area contributed by atoms with Gasteiger partial charge in [0.25, 0.3) is 5.91 Å². The summed E-state index contributed by atoms with van der Waals surface area (Å²) in [5.41, 5.74) is 1.24. The van der Waals surface area contributed by atoms with Crippen molar-refractivity contribution in [1.29, 1.82) is 0 Å². The average Bonchev–Trinajstić information content (AvgIpc) is 3.16. The molecule has 0 bridgehead atoms. The number of aromatic nitrogens is 1. The predicted molar refractivity (Wildman–Crippen MR) is 133 cm³/mol. The molecule has 36 heavy (non-hydrogen) atoms. The third-order valence-corrected chi connectivity index (χ3v) is 5.92. The van der Waals surface area contributed by atoms with E-state index in [0.29, 0.717) is 29.5 Å². The standard InChI is InChI=1S/C28H23FN2O5/c1-4-12-35-21-8-6-17(14-22(21)34-5-2)25-24-26(32)19-15-18(29)7-9-20(19)36-27(24)28(33)31(25)23-13-16(3)10-11-30-23/h4,6-11,13-15,25H,1,5,12H2,2-3H3. The van der Waals surface area contributed by atoms with Gasteiger partial charge in [-0.3, -0.25) is 14.5 Å². The largest absolute Gasteiger partial charge is 0.490 e. The lowest BCUT2D eigenvalue weighted by molar-refractivity contribution is 0.0970. The van der Waals surface area contributed by atoms with Crippen molar-refractivity contribution in [1.82, 2.24) is 4.98 Å². The molecule has 2 aromatic heterocycles. The Labute approximate surface area is 206 Å². The van der Waals surface area contributed by atoms with Crippen molar-refractivity contribution in [2.45, 2.75) is 19.9 Å². The number of nitrogens with zero attached hydrogens (tertiary/aromatic N) is 2. The van der Waals surface area contributed by atoms with E-state index in [4.69, 9.17) is 13.9 Å². The summed E-state index contributed by atoms with van der Waals surface area (Å²) < 4.78 is 31.4. The summed E-state index contributed by atoms with van der Waals surface area (Å²) in [4.78, 5) is 33.2. The summed E-state index contributed by atoms with van der Waals surface area (Å²) in [7, 11) is 0. The van der Waals surface area contributed by atoms with Gasteiger partial charge in [-0.05, 0) is 67.4 Å². The van der Waals surface area contributed by atoms with Crippen molar-refractivity contribution in [3.63, 3.8) is 0 Å². The molecule has 5 rings (SSSR count). The fraction of sp³-hybridized carbons (Fsp3) is 0.179. The lowest BCUT2D eigenvalue weighted by atomic mass is 9.98. The molecule has 1 amide bonds. The molecule has 0 spiro atoms. The first-order chi connectivity index (χ1) is 17.4. The summed E-state index contributed by atoms with van der Waals surface area (Å²) in [6.45, 7) is 8.05. The number of pyridine rings is 1. The van der Waals surface area contributed by atoms with Gasteiger partial charge in [0, 0.05) is 6.20 Å². The van der Waals surface area contributed by atoms with Crippen LogP contribution in [-0.4, -0.2) is 24.1 Å². The molecule has 0 saturated carbocycles. The van der Waals surface area contributed by atoms with Crippen molar-refractivity contribution in [2.24, 2.45) is 0 Å². The number of aryl methyl sites for hydroxylation is 1. The van der Waals surface area contributed by atoms with Crippen LogP contribution in [0.5, 0.6) is 11.5 Å². The van der Waals surface area contributed by atoms with E-state index in [1.165, 1.54) is 17.0 Å².